The molecule has 0 fully saturated rings. The first-order chi connectivity index (χ1) is 2.41. The second-order valence-corrected chi connectivity index (χ2v) is 1.55. The van der Waals surface area contributed by atoms with E-state index in [0.717, 1.165) is 0 Å². The van der Waals surface area contributed by atoms with E-state index in [9.17, 15) is 0 Å². The predicted octanol–water partition coefficient (Wildman–Crippen LogP) is 0.587. The zero-order valence-electron chi connectivity index (χ0n) is 2.94. The average Bonchev–Trinajstić information content (AvgIpc) is 1.41. The van der Waals surface area contributed by atoms with Gasteiger partial charge in [-0.25, -0.2) is 0 Å². The average molecular weight is 176 g/mol. The molecule has 0 N–H and O–H groups in total. The molecule has 0 aliphatic rings. The Kier molecular flexibility index (Phi) is 4.55. The summed E-state index contributed by atoms with van der Waals surface area (Å²) in [5, 5.41) is 0. The van der Waals surface area contributed by atoms with E-state index < -0.39 is 0 Å². The SMILES string of the molecule is C=CC=[CH][SbH]. The van der Waals surface area contributed by atoms with Crippen molar-refractivity contribution in [2.75, 3.05) is 0 Å². The van der Waals surface area contributed by atoms with Crippen LogP contribution in [0.15, 0.2) is 22.8 Å². The van der Waals surface area contributed by atoms with E-state index in [1.807, 2.05) is 10.1 Å². The van der Waals surface area contributed by atoms with E-state index in [1.165, 1.54) is 23.0 Å². The molecule has 1 heteroatoms. The van der Waals surface area contributed by atoms with Gasteiger partial charge in [0.15, 0.2) is 0 Å². The molecule has 0 aliphatic carbocycles. The Hall–Kier alpha value is 0.298. The Labute approximate surface area is 46.1 Å². The summed E-state index contributed by atoms with van der Waals surface area (Å²) in [7, 11) is 0. The Balaban J connectivity index is 2.92. The van der Waals surface area contributed by atoms with Crippen molar-refractivity contribution in [2.45, 2.75) is 0 Å². The van der Waals surface area contributed by atoms with Gasteiger partial charge in [-0.15, -0.1) is 0 Å². The summed E-state index contributed by atoms with van der Waals surface area (Å²) in [6.45, 7) is 3.48. The Morgan fingerprint density at radius 1 is 1.60 bits per heavy atom. The van der Waals surface area contributed by atoms with Crippen molar-refractivity contribution in [2.24, 2.45) is 0 Å². The fourth-order valence-electron chi connectivity index (χ4n) is 0.0680. The van der Waals surface area contributed by atoms with Gasteiger partial charge < -0.3 is 0 Å². The van der Waals surface area contributed by atoms with Crippen LogP contribution in [0.2, 0.25) is 0 Å². The Morgan fingerprint density at radius 2 is 2.20 bits per heavy atom. The predicted molar refractivity (Wildman–Crippen MR) is 26.5 cm³/mol. The third kappa shape index (κ3) is 4.30. The molecular formula is C4H6Sb. The monoisotopic (exact) mass is 175 g/mol. The van der Waals surface area contributed by atoms with Gasteiger partial charge >= 0.3 is 45.8 Å². The molecule has 5 heavy (non-hydrogen) atoms. The third-order valence-electron chi connectivity index (χ3n) is 0.232. The van der Waals surface area contributed by atoms with Crippen LogP contribution in [-0.4, -0.2) is 23.0 Å². The minimum absolute atomic E-state index is 1.43. The second kappa shape index (κ2) is 4.30. The summed E-state index contributed by atoms with van der Waals surface area (Å²) in [5.41, 5.74) is 0. The zero-order chi connectivity index (χ0) is 4.12. The normalized spacial score (nSPS) is 9.00. The maximum absolute atomic E-state index is 3.48. The molecule has 0 saturated carbocycles. The summed E-state index contributed by atoms with van der Waals surface area (Å²) < 4.78 is 2.03. The van der Waals surface area contributed by atoms with E-state index in [-0.39, 0.29) is 0 Å². The maximum atomic E-state index is 3.48. The van der Waals surface area contributed by atoms with E-state index in [0.29, 0.717) is 0 Å². The molecule has 27 valence electrons. The molecule has 0 aromatic carbocycles. The molecule has 0 heterocycles. The standard InChI is InChI=1S/C4H5.Sb.H/c1-3-4-2;;/h1,3-4H,2H2;;. The van der Waals surface area contributed by atoms with Crippen molar-refractivity contribution in [3.8, 4) is 0 Å². The summed E-state index contributed by atoms with van der Waals surface area (Å²) in [6.07, 6.45) is 3.70. The fourth-order valence-corrected chi connectivity index (χ4v) is 0.456. The topological polar surface area (TPSA) is 0 Å². The molecule has 1 radical (unpaired) electrons. The zero-order valence-corrected chi connectivity index (χ0v) is 5.79. The van der Waals surface area contributed by atoms with Gasteiger partial charge in [-0.2, -0.15) is 0 Å². The van der Waals surface area contributed by atoms with Gasteiger partial charge in [0.1, 0.15) is 0 Å². The van der Waals surface area contributed by atoms with E-state index >= 15 is 0 Å². The van der Waals surface area contributed by atoms with Crippen LogP contribution in [0.5, 0.6) is 0 Å². The van der Waals surface area contributed by atoms with Crippen LogP contribution >= 0.6 is 0 Å². The number of hydrogen-bond donors (Lipinski definition) is 0. The molecule has 0 aliphatic heterocycles. The molecule has 0 nitrogen and oxygen atoms in total. The molecular weight excluding hydrogens is 170 g/mol. The molecule has 0 aromatic rings. The van der Waals surface area contributed by atoms with Crippen molar-refractivity contribution in [3.05, 3.63) is 22.8 Å². The van der Waals surface area contributed by atoms with Crippen molar-refractivity contribution < 1.29 is 0 Å². The minimum atomic E-state index is 1.43. The van der Waals surface area contributed by atoms with Gasteiger partial charge in [0.25, 0.3) is 0 Å². The van der Waals surface area contributed by atoms with Crippen LogP contribution in [0.3, 0.4) is 0 Å². The van der Waals surface area contributed by atoms with Crippen LogP contribution in [0.4, 0.5) is 0 Å². The van der Waals surface area contributed by atoms with E-state index in [4.69, 9.17) is 0 Å². The van der Waals surface area contributed by atoms with E-state index in [2.05, 4.69) is 6.58 Å². The molecule has 0 aromatic heterocycles. The first-order valence-corrected chi connectivity index (χ1v) is 3.01. The van der Waals surface area contributed by atoms with Crippen molar-refractivity contribution in [1.29, 1.82) is 0 Å². The molecule has 0 rings (SSSR count). The van der Waals surface area contributed by atoms with Crippen LogP contribution in [0, 0.1) is 0 Å². The summed E-state index contributed by atoms with van der Waals surface area (Å²) >= 11 is 1.43. The molecule has 0 atom stereocenters. The van der Waals surface area contributed by atoms with Crippen molar-refractivity contribution in [3.63, 3.8) is 0 Å². The first kappa shape index (κ1) is 5.30. The van der Waals surface area contributed by atoms with Crippen LogP contribution in [0.1, 0.15) is 0 Å². The molecule has 0 bridgehead atoms. The Bertz CT molecular complexity index is 45.6. The van der Waals surface area contributed by atoms with Crippen molar-refractivity contribution in [1.82, 2.24) is 0 Å². The van der Waals surface area contributed by atoms with Gasteiger partial charge in [0.2, 0.25) is 0 Å². The number of hydrogen-bond acceptors (Lipinski definition) is 0. The summed E-state index contributed by atoms with van der Waals surface area (Å²) in [5.74, 6) is 0. The fraction of sp³-hybridized carbons (Fsp3) is 0. The van der Waals surface area contributed by atoms with E-state index in [1.54, 1.807) is 6.08 Å². The van der Waals surface area contributed by atoms with Crippen LogP contribution in [0.25, 0.3) is 0 Å². The quantitative estimate of drug-likeness (QED) is 0.405. The Morgan fingerprint density at radius 3 is 2.20 bits per heavy atom. The molecule has 0 saturated heterocycles. The third-order valence-corrected chi connectivity index (χ3v) is 0.782. The molecule has 0 unspecified atom stereocenters. The number of allylic oxidation sites excluding steroid dienone is 2. The van der Waals surface area contributed by atoms with Gasteiger partial charge in [-0.05, 0) is 0 Å². The summed E-state index contributed by atoms with van der Waals surface area (Å²) in [4.78, 5) is 0. The number of rotatable bonds is 1. The first-order valence-electron chi connectivity index (χ1n) is 1.36. The van der Waals surface area contributed by atoms with Gasteiger partial charge in [0.05, 0.1) is 0 Å². The van der Waals surface area contributed by atoms with Crippen LogP contribution < -0.4 is 0 Å². The van der Waals surface area contributed by atoms with Gasteiger partial charge in [-0.3, -0.25) is 0 Å². The summed E-state index contributed by atoms with van der Waals surface area (Å²) in [6, 6.07) is 0. The van der Waals surface area contributed by atoms with Crippen molar-refractivity contribution >= 4 is 23.0 Å². The second-order valence-electron chi connectivity index (χ2n) is 0.595. The molecule has 0 spiro atoms. The van der Waals surface area contributed by atoms with Gasteiger partial charge in [0, 0.05) is 0 Å². The van der Waals surface area contributed by atoms with Gasteiger partial charge in [-0.1, -0.05) is 0 Å². The van der Waals surface area contributed by atoms with Crippen LogP contribution in [-0.2, 0) is 0 Å². The molecule has 0 amide bonds.